The molecule has 0 aliphatic heterocycles. The number of rotatable bonds is 4. The van der Waals surface area contributed by atoms with Gasteiger partial charge in [-0.25, -0.2) is 4.98 Å². The van der Waals surface area contributed by atoms with E-state index in [2.05, 4.69) is 22.3 Å². The number of nitrogens with two attached hydrogens (primary N) is 1. The third-order valence-corrected chi connectivity index (χ3v) is 3.32. The molecule has 0 saturated heterocycles. The van der Waals surface area contributed by atoms with Gasteiger partial charge in [0, 0.05) is 24.8 Å². The molecule has 0 radical (unpaired) electrons. The van der Waals surface area contributed by atoms with Crippen molar-refractivity contribution in [1.82, 2.24) is 14.8 Å². The highest BCUT2D eigenvalue weighted by Crippen LogP contribution is 2.14. The lowest BCUT2D eigenvalue weighted by atomic mass is 10.2. The van der Waals surface area contributed by atoms with E-state index in [0.717, 1.165) is 17.2 Å². The second kappa shape index (κ2) is 5.36. The van der Waals surface area contributed by atoms with Crippen LogP contribution in [0.25, 0.3) is 0 Å². The van der Waals surface area contributed by atoms with Gasteiger partial charge in [0.1, 0.15) is 10.8 Å². The van der Waals surface area contributed by atoms with Gasteiger partial charge in [-0.05, 0) is 26.0 Å². The zero-order valence-corrected chi connectivity index (χ0v) is 12.1. The van der Waals surface area contributed by atoms with Crippen molar-refractivity contribution in [2.75, 3.05) is 5.32 Å². The number of nitrogens with one attached hydrogen (secondary N) is 1. The SMILES string of the molecule is Cc1nn(C)c(C)c1CNc1cccc(C(N)=S)n1. The largest absolute Gasteiger partial charge is 0.388 e. The molecule has 2 rings (SSSR count). The van der Waals surface area contributed by atoms with Crippen molar-refractivity contribution < 1.29 is 0 Å². The van der Waals surface area contributed by atoms with Crippen LogP contribution in [0.2, 0.25) is 0 Å². The highest BCUT2D eigenvalue weighted by atomic mass is 32.1. The molecule has 0 spiro atoms. The molecular weight excluding hydrogens is 258 g/mol. The summed E-state index contributed by atoms with van der Waals surface area (Å²) in [6.45, 7) is 4.73. The van der Waals surface area contributed by atoms with Crippen LogP contribution < -0.4 is 11.1 Å². The summed E-state index contributed by atoms with van der Waals surface area (Å²) in [4.78, 5) is 4.65. The van der Waals surface area contributed by atoms with Crippen LogP contribution in [0.4, 0.5) is 5.82 Å². The van der Waals surface area contributed by atoms with Gasteiger partial charge in [-0.3, -0.25) is 4.68 Å². The van der Waals surface area contributed by atoms with Crippen molar-refractivity contribution >= 4 is 23.0 Å². The summed E-state index contributed by atoms with van der Waals surface area (Å²) in [5, 5.41) is 7.66. The van der Waals surface area contributed by atoms with Crippen molar-refractivity contribution in [1.29, 1.82) is 0 Å². The third-order valence-electron chi connectivity index (χ3n) is 3.11. The van der Waals surface area contributed by atoms with Crippen molar-refractivity contribution in [3.05, 3.63) is 40.8 Å². The number of aromatic nitrogens is 3. The highest BCUT2D eigenvalue weighted by Gasteiger charge is 2.09. The van der Waals surface area contributed by atoms with Crippen molar-refractivity contribution in [3.63, 3.8) is 0 Å². The Balaban J connectivity index is 2.14. The predicted molar refractivity (Wildman–Crippen MR) is 80.1 cm³/mol. The molecule has 0 aliphatic rings. The van der Waals surface area contributed by atoms with E-state index in [9.17, 15) is 0 Å². The topological polar surface area (TPSA) is 68.8 Å². The van der Waals surface area contributed by atoms with Crippen LogP contribution in [0.3, 0.4) is 0 Å². The second-order valence-electron chi connectivity index (χ2n) is 4.40. The van der Waals surface area contributed by atoms with Gasteiger partial charge in [-0.15, -0.1) is 0 Å². The van der Waals surface area contributed by atoms with E-state index in [1.807, 2.05) is 30.8 Å². The molecule has 0 unspecified atom stereocenters. The Morgan fingerprint density at radius 1 is 1.42 bits per heavy atom. The Labute approximate surface area is 117 Å². The summed E-state index contributed by atoms with van der Waals surface area (Å²) in [6, 6.07) is 5.57. The molecule has 0 bridgehead atoms. The minimum Gasteiger partial charge on any atom is -0.388 e. The molecule has 0 atom stereocenters. The molecule has 5 nitrogen and oxygen atoms in total. The van der Waals surface area contributed by atoms with E-state index in [1.54, 1.807) is 6.07 Å². The van der Waals surface area contributed by atoms with Gasteiger partial charge >= 0.3 is 0 Å². The van der Waals surface area contributed by atoms with Gasteiger partial charge < -0.3 is 11.1 Å². The standard InChI is InChI=1S/C13H17N5S/c1-8-10(9(2)18(3)17-8)7-15-12-6-4-5-11(16-12)13(14)19/h4-6H,7H2,1-3H3,(H2,14,19)(H,15,16). The third kappa shape index (κ3) is 2.90. The number of thiocarbonyl (C=S) groups is 1. The maximum absolute atomic E-state index is 5.57. The monoisotopic (exact) mass is 275 g/mol. The summed E-state index contributed by atoms with van der Waals surface area (Å²) in [7, 11) is 1.94. The molecular formula is C13H17N5S. The first kappa shape index (κ1) is 13.5. The summed E-state index contributed by atoms with van der Waals surface area (Å²) >= 11 is 4.92. The van der Waals surface area contributed by atoms with Crippen LogP contribution in [0.1, 0.15) is 22.6 Å². The Morgan fingerprint density at radius 3 is 2.74 bits per heavy atom. The number of hydrogen-bond donors (Lipinski definition) is 2. The van der Waals surface area contributed by atoms with Gasteiger partial charge in [-0.2, -0.15) is 5.10 Å². The van der Waals surface area contributed by atoms with Crippen molar-refractivity contribution in [2.45, 2.75) is 20.4 Å². The van der Waals surface area contributed by atoms with E-state index in [1.165, 1.54) is 5.56 Å². The highest BCUT2D eigenvalue weighted by molar-refractivity contribution is 7.80. The second-order valence-corrected chi connectivity index (χ2v) is 4.84. The summed E-state index contributed by atoms with van der Waals surface area (Å²) in [6.07, 6.45) is 0. The van der Waals surface area contributed by atoms with E-state index in [0.29, 0.717) is 17.2 Å². The fraction of sp³-hybridized carbons (Fsp3) is 0.308. The van der Waals surface area contributed by atoms with Crippen LogP contribution in [0.15, 0.2) is 18.2 Å². The molecule has 2 aromatic heterocycles. The molecule has 2 aromatic rings. The molecule has 6 heteroatoms. The fourth-order valence-corrected chi connectivity index (χ4v) is 2.04. The maximum Gasteiger partial charge on any atom is 0.127 e. The molecule has 0 saturated carbocycles. The van der Waals surface area contributed by atoms with E-state index < -0.39 is 0 Å². The fourth-order valence-electron chi connectivity index (χ4n) is 1.92. The number of aryl methyl sites for hydroxylation is 2. The van der Waals surface area contributed by atoms with Crippen LogP contribution in [-0.4, -0.2) is 19.8 Å². The first-order valence-electron chi connectivity index (χ1n) is 5.99. The first-order chi connectivity index (χ1) is 8.99. The van der Waals surface area contributed by atoms with E-state index in [-0.39, 0.29) is 0 Å². The quantitative estimate of drug-likeness (QED) is 0.831. The van der Waals surface area contributed by atoms with Crippen LogP contribution in [0, 0.1) is 13.8 Å². The summed E-state index contributed by atoms with van der Waals surface area (Å²) in [5.74, 6) is 0.757. The average molecular weight is 275 g/mol. The van der Waals surface area contributed by atoms with Gasteiger partial charge in [0.05, 0.1) is 11.4 Å². The molecule has 0 amide bonds. The van der Waals surface area contributed by atoms with Crippen molar-refractivity contribution in [3.8, 4) is 0 Å². The van der Waals surface area contributed by atoms with E-state index >= 15 is 0 Å². The number of pyridine rings is 1. The smallest absolute Gasteiger partial charge is 0.127 e. The predicted octanol–water partition coefficient (Wildman–Crippen LogP) is 1.68. The molecule has 2 heterocycles. The molecule has 0 fully saturated rings. The normalized spacial score (nSPS) is 10.5. The molecule has 0 aromatic carbocycles. The minimum atomic E-state index is 0.303. The zero-order valence-electron chi connectivity index (χ0n) is 11.3. The lowest BCUT2D eigenvalue weighted by Crippen LogP contribution is -2.13. The Bertz CT molecular complexity index is 617. The lowest BCUT2D eigenvalue weighted by Gasteiger charge is -2.07. The van der Waals surface area contributed by atoms with Gasteiger partial charge in [-0.1, -0.05) is 18.3 Å². The Kier molecular flexibility index (Phi) is 3.80. The van der Waals surface area contributed by atoms with Crippen LogP contribution >= 0.6 is 12.2 Å². The summed E-state index contributed by atoms with van der Waals surface area (Å²) in [5.41, 5.74) is 9.55. The Hall–Kier alpha value is -1.95. The lowest BCUT2D eigenvalue weighted by molar-refractivity contribution is 0.730. The van der Waals surface area contributed by atoms with Crippen LogP contribution in [-0.2, 0) is 13.6 Å². The minimum absolute atomic E-state index is 0.303. The Morgan fingerprint density at radius 2 is 2.16 bits per heavy atom. The first-order valence-corrected chi connectivity index (χ1v) is 6.39. The summed E-state index contributed by atoms with van der Waals surface area (Å²) < 4.78 is 1.88. The number of anilines is 1. The number of hydrogen-bond acceptors (Lipinski definition) is 4. The maximum atomic E-state index is 5.57. The molecule has 19 heavy (non-hydrogen) atoms. The van der Waals surface area contributed by atoms with Gasteiger partial charge in [0.25, 0.3) is 0 Å². The van der Waals surface area contributed by atoms with Gasteiger partial charge in [0.2, 0.25) is 0 Å². The molecule has 100 valence electrons. The molecule has 0 aliphatic carbocycles. The van der Waals surface area contributed by atoms with Crippen LogP contribution in [0.5, 0.6) is 0 Å². The zero-order chi connectivity index (χ0) is 14.0. The van der Waals surface area contributed by atoms with E-state index in [4.69, 9.17) is 18.0 Å². The number of nitrogens with zero attached hydrogens (tertiary/aromatic N) is 3. The van der Waals surface area contributed by atoms with Gasteiger partial charge in [0.15, 0.2) is 0 Å². The molecule has 3 N–H and O–H groups in total. The van der Waals surface area contributed by atoms with Crippen molar-refractivity contribution in [2.24, 2.45) is 12.8 Å². The average Bonchev–Trinajstić information content (AvgIpc) is 2.61.